The van der Waals surface area contributed by atoms with Gasteiger partial charge in [-0.15, -0.1) is 0 Å². The van der Waals surface area contributed by atoms with E-state index in [2.05, 4.69) is 9.71 Å². The van der Waals surface area contributed by atoms with E-state index >= 15 is 0 Å². The fourth-order valence-corrected chi connectivity index (χ4v) is 2.90. The van der Waals surface area contributed by atoms with E-state index in [1.807, 2.05) is 0 Å². The molecule has 0 aliphatic carbocycles. The van der Waals surface area contributed by atoms with Crippen molar-refractivity contribution in [3.63, 3.8) is 0 Å². The number of aromatic amines is 1. The summed E-state index contributed by atoms with van der Waals surface area (Å²) in [6.07, 6.45) is 1.73. The highest BCUT2D eigenvalue weighted by Crippen LogP contribution is 2.26. The number of ether oxygens (including phenoxy) is 1. The molecule has 0 amide bonds. The zero-order valence-electron chi connectivity index (χ0n) is 10.2. The molecule has 2 aromatic rings. The van der Waals surface area contributed by atoms with Gasteiger partial charge in [-0.25, -0.2) is 13.1 Å². The summed E-state index contributed by atoms with van der Waals surface area (Å²) in [5.41, 5.74) is 0.781. The first-order chi connectivity index (χ1) is 9.03. The maximum atomic E-state index is 12.1. The lowest BCUT2D eigenvalue weighted by atomic mass is 10.3. The number of methoxy groups -OCH3 is 1. The second-order valence-corrected chi connectivity index (χ2v) is 5.99. The molecular weight excluding hydrogens is 288 g/mol. The number of hydrogen-bond acceptors (Lipinski definition) is 3. The molecule has 1 aromatic heterocycles. The molecule has 1 heterocycles. The van der Waals surface area contributed by atoms with E-state index in [4.69, 9.17) is 16.3 Å². The molecule has 0 saturated heterocycles. The Morgan fingerprint density at radius 1 is 1.37 bits per heavy atom. The molecule has 0 unspecified atom stereocenters. The maximum Gasteiger partial charge on any atom is 0.240 e. The van der Waals surface area contributed by atoms with Crippen LogP contribution < -0.4 is 9.46 Å². The molecule has 0 saturated carbocycles. The van der Waals surface area contributed by atoms with E-state index in [0.29, 0.717) is 5.75 Å². The van der Waals surface area contributed by atoms with Crippen LogP contribution >= 0.6 is 11.6 Å². The zero-order valence-corrected chi connectivity index (χ0v) is 11.8. The van der Waals surface area contributed by atoms with Gasteiger partial charge >= 0.3 is 0 Å². The van der Waals surface area contributed by atoms with Crippen molar-refractivity contribution in [2.45, 2.75) is 11.4 Å². The van der Waals surface area contributed by atoms with Crippen LogP contribution in [0.5, 0.6) is 5.75 Å². The Hall–Kier alpha value is -1.50. The average Bonchev–Trinajstić information content (AvgIpc) is 2.89. The van der Waals surface area contributed by atoms with E-state index in [0.717, 1.165) is 5.69 Å². The lowest BCUT2D eigenvalue weighted by Crippen LogP contribution is -2.23. The van der Waals surface area contributed by atoms with Crippen molar-refractivity contribution in [1.29, 1.82) is 0 Å². The molecule has 0 fully saturated rings. The summed E-state index contributed by atoms with van der Waals surface area (Å²) in [6, 6.07) is 7.92. The van der Waals surface area contributed by atoms with E-state index in [-0.39, 0.29) is 16.5 Å². The molecule has 0 atom stereocenters. The number of aromatic nitrogens is 1. The highest BCUT2D eigenvalue weighted by atomic mass is 35.5. The average molecular weight is 301 g/mol. The normalized spacial score (nSPS) is 11.5. The van der Waals surface area contributed by atoms with Gasteiger partial charge < -0.3 is 9.72 Å². The minimum absolute atomic E-state index is 0.102. The third kappa shape index (κ3) is 3.28. The molecule has 1 aromatic carbocycles. The van der Waals surface area contributed by atoms with Crippen LogP contribution in [0.4, 0.5) is 0 Å². The van der Waals surface area contributed by atoms with E-state index in [9.17, 15) is 8.42 Å². The van der Waals surface area contributed by atoms with Gasteiger partial charge in [0.25, 0.3) is 0 Å². The van der Waals surface area contributed by atoms with Crippen LogP contribution in [-0.2, 0) is 16.6 Å². The third-order valence-corrected chi connectivity index (χ3v) is 4.24. The quantitative estimate of drug-likeness (QED) is 0.889. The number of nitrogens with one attached hydrogen (secondary N) is 2. The van der Waals surface area contributed by atoms with Crippen molar-refractivity contribution >= 4 is 21.6 Å². The van der Waals surface area contributed by atoms with E-state index < -0.39 is 10.0 Å². The van der Waals surface area contributed by atoms with Gasteiger partial charge in [0.2, 0.25) is 10.0 Å². The van der Waals surface area contributed by atoms with Crippen molar-refractivity contribution in [3.8, 4) is 5.75 Å². The Morgan fingerprint density at radius 3 is 2.74 bits per heavy atom. The molecule has 0 aliphatic heterocycles. The minimum atomic E-state index is -3.59. The lowest BCUT2D eigenvalue weighted by Gasteiger charge is -2.08. The Labute approximate surface area is 116 Å². The largest absolute Gasteiger partial charge is 0.495 e. The zero-order chi connectivity index (χ0) is 13.9. The summed E-state index contributed by atoms with van der Waals surface area (Å²) < 4.78 is 31.6. The summed E-state index contributed by atoms with van der Waals surface area (Å²) in [5.74, 6) is 0.435. The fourth-order valence-electron chi connectivity index (χ4n) is 1.55. The molecule has 2 rings (SSSR count). The summed E-state index contributed by atoms with van der Waals surface area (Å²) in [7, 11) is -2.12. The number of H-pyrrole nitrogens is 1. The summed E-state index contributed by atoms with van der Waals surface area (Å²) in [4.78, 5) is 3.02. The van der Waals surface area contributed by atoms with Crippen LogP contribution in [-0.4, -0.2) is 20.5 Å². The predicted molar refractivity (Wildman–Crippen MR) is 72.8 cm³/mol. The van der Waals surface area contributed by atoms with Crippen LogP contribution in [0.2, 0.25) is 5.02 Å². The summed E-state index contributed by atoms with van der Waals surface area (Å²) in [6.45, 7) is 0.193. The first-order valence-electron chi connectivity index (χ1n) is 5.48. The van der Waals surface area contributed by atoms with Gasteiger partial charge in [-0.3, -0.25) is 0 Å². The molecule has 102 valence electrons. The van der Waals surface area contributed by atoms with Crippen molar-refractivity contribution < 1.29 is 13.2 Å². The van der Waals surface area contributed by atoms with Gasteiger partial charge in [-0.1, -0.05) is 11.6 Å². The molecule has 0 aliphatic rings. The van der Waals surface area contributed by atoms with Gasteiger partial charge in [0, 0.05) is 11.9 Å². The van der Waals surface area contributed by atoms with E-state index in [1.54, 1.807) is 18.3 Å². The first-order valence-corrected chi connectivity index (χ1v) is 7.34. The first kappa shape index (κ1) is 13.9. The highest BCUT2D eigenvalue weighted by Gasteiger charge is 2.15. The number of rotatable bonds is 5. The van der Waals surface area contributed by atoms with Gasteiger partial charge in [-0.2, -0.15) is 0 Å². The summed E-state index contributed by atoms with van der Waals surface area (Å²) in [5, 5.41) is 0.255. The van der Waals surface area contributed by atoms with Crippen molar-refractivity contribution in [2.75, 3.05) is 7.11 Å². The molecule has 7 heteroatoms. The van der Waals surface area contributed by atoms with Gasteiger partial charge in [0.15, 0.2) is 0 Å². The third-order valence-electron chi connectivity index (χ3n) is 2.55. The molecule has 19 heavy (non-hydrogen) atoms. The van der Waals surface area contributed by atoms with Crippen LogP contribution in [0, 0.1) is 0 Å². The SMILES string of the molecule is COc1ccc(S(=O)(=O)NCc2ccc[nH]2)cc1Cl. The Bertz CT molecular complexity index is 654. The Morgan fingerprint density at radius 2 is 2.16 bits per heavy atom. The predicted octanol–water partition coefficient (Wildman–Crippen LogP) is 2.16. The highest BCUT2D eigenvalue weighted by molar-refractivity contribution is 7.89. The lowest BCUT2D eigenvalue weighted by molar-refractivity contribution is 0.414. The molecular formula is C12H13ClN2O3S. The standard InChI is InChI=1S/C12H13ClN2O3S/c1-18-12-5-4-10(7-11(12)13)19(16,17)15-8-9-3-2-6-14-9/h2-7,14-15H,8H2,1H3. The molecule has 0 spiro atoms. The number of halogens is 1. The number of benzene rings is 1. The second-order valence-electron chi connectivity index (χ2n) is 3.82. The molecule has 5 nitrogen and oxygen atoms in total. The van der Waals surface area contributed by atoms with Crippen molar-refractivity contribution in [1.82, 2.24) is 9.71 Å². The van der Waals surface area contributed by atoms with Gasteiger partial charge in [-0.05, 0) is 30.3 Å². The second kappa shape index (κ2) is 5.64. The van der Waals surface area contributed by atoms with Crippen molar-refractivity contribution in [3.05, 3.63) is 47.2 Å². The fraction of sp³-hybridized carbons (Fsp3) is 0.167. The molecule has 0 bridgehead atoms. The van der Waals surface area contributed by atoms with Crippen LogP contribution in [0.1, 0.15) is 5.69 Å². The van der Waals surface area contributed by atoms with Crippen molar-refractivity contribution in [2.24, 2.45) is 0 Å². The minimum Gasteiger partial charge on any atom is -0.495 e. The van der Waals surface area contributed by atoms with Crippen LogP contribution in [0.25, 0.3) is 0 Å². The smallest absolute Gasteiger partial charge is 0.240 e. The van der Waals surface area contributed by atoms with E-state index in [1.165, 1.54) is 25.3 Å². The molecule has 0 radical (unpaired) electrons. The Kier molecular flexibility index (Phi) is 4.14. The Balaban J connectivity index is 2.17. The molecule has 2 N–H and O–H groups in total. The number of hydrogen-bond donors (Lipinski definition) is 2. The summed E-state index contributed by atoms with van der Waals surface area (Å²) >= 11 is 5.91. The van der Waals surface area contributed by atoms with Gasteiger partial charge in [0.1, 0.15) is 5.75 Å². The van der Waals surface area contributed by atoms with Crippen LogP contribution in [0.3, 0.4) is 0 Å². The maximum absolute atomic E-state index is 12.1. The number of sulfonamides is 1. The van der Waals surface area contributed by atoms with Crippen LogP contribution in [0.15, 0.2) is 41.4 Å². The van der Waals surface area contributed by atoms with Gasteiger partial charge in [0.05, 0.1) is 23.6 Å². The monoisotopic (exact) mass is 300 g/mol. The topological polar surface area (TPSA) is 71.2 Å².